The van der Waals surface area contributed by atoms with Gasteiger partial charge in [0.05, 0.1) is 31.5 Å². The Morgan fingerprint density at radius 2 is 2.23 bits per heavy atom. The van der Waals surface area contributed by atoms with Gasteiger partial charge in [-0.2, -0.15) is 0 Å². The van der Waals surface area contributed by atoms with Crippen molar-refractivity contribution in [3.8, 4) is 0 Å². The average Bonchev–Trinajstić information content (AvgIpc) is 2.18. The number of hydrogen-bond donors (Lipinski definition) is 1. The summed E-state index contributed by atoms with van der Waals surface area (Å²) in [5.74, 6) is 0. The molecule has 1 heterocycles. The molecule has 4 nitrogen and oxygen atoms in total. The third-order valence-corrected chi connectivity index (χ3v) is 2.48. The molecule has 0 spiro atoms. The fourth-order valence-electron chi connectivity index (χ4n) is 1.67. The molecule has 0 bridgehead atoms. The molecule has 1 aliphatic rings. The second kappa shape index (κ2) is 5.54. The molecular weight excluding hydrogens is 170 g/mol. The zero-order chi connectivity index (χ0) is 9.68. The molecule has 1 rings (SSSR count). The maximum absolute atomic E-state index is 5.59. The van der Waals surface area contributed by atoms with Crippen LogP contribution in [0, 0.1) is 0 Å². The van der Waals surface area contributed by atoms with Gasteiger partial charge in [-0.1, -0.05) is 0 Å². The van der Waals surface area contributed by atoms with E-state index < -0.39 is 0 Å². The fraction of sp³-hybridized carbons (Fsp3) is 1.00. The summed E-state index contributed by atoms with van der Waals surface area (Å²) in [5.41, 5.74) is 0. The van der Waals surface area contributed by atoms with Crippen molar-refractivity contribution < 1.29 is 14.2 Å². The highest BCUT2D eigenvalue weighted by molar-refractivity contribution is 4.83. The van der Waals surface area contributed by atoms with Crippen molar-refractivity contribution in [3.63, 3.8) is 0 Å². The summed E-state index contributed by atoms with van der Waals surface area (Å²) in [4.78, 5) is 0. The van der Waals surface area contributed by atoms with E-state index in [9.17, 15) is 0 Å². The number of ether oxygens (including phenoxy) is 3. The smallest absolute Gasteiger partial charge is 0.0834 e. The van der Waals surface area contributed by atoms with Crippen LogP contribution in [0.4, 0.5) is 0 Å². The lowest BCUT2D eigenvalue weighted by molar-refractivity contribution is -0.0986. The Bertz CT molecular complexity index is 143. The lowest BCUT2D eigenvalue weighted by Crippen LogP contribution is -2.50. The van der Waals surface area contributed by atoms with Gasteiger partial charge in [0.2, 0.25) is 0 Å². The number of likely N-dealkylation sites (N-methyl/N-ethyl adjacent to an activating group) is 1. The predicted molar refractivity (Wildman–Crippen MR) is 49.9 cm³/mol. The topological polar surface area (TPSA) is 39.7 Å². The molecule has 1 saturated heterocycles. The summed E-state index contributed by atoms with van der Waals surface area (Å²) in [6, 6.07) is 0.304. The molecule has 0 saturated carbocycles. The second-order valence-corrected chi connectivity index (χ2v) is 3.32. The Labute approximate surface area is 79.5 Å². The number of hydrogen-bond acceptors (Lipinski definition) is 4. The van der Waals surface area contributed by atoms with Crippen LogP contribution in [0.5, 0.6) is 0 Å². The molecule has 0 aromatic rings. The molecule has 13 heavy (non-hydrogen) atoms. The molecule has 3 atom stereocenters. The van der Waals surface area contributed by atoms with Crippen LogP contribution in [-0.4, -0.2) is 52.7 Å². The highest BCUT2D eigenvalue weighted by Crippen LogP contribution is 2.16. The van der Waals surface area contributed by atoms with E-state index in [2.05, 4.69) is 5.32 Å². The first-order valence-electron chi connectivity index (χ1n) is 4.62. The Hall–Kier alpha value is -0.160. The largest absolute Gasteiger partial charge is 0.382 e. The summed E-state index contributed by atoms with van der Waals surface area (Å²) in [6.45, 7) is 1.35. The van der Waals surface area contributed by atoms with Crippen molar-refractivity contribution in [1.29, 1.82) is 0 Å². The van der Waals surface area contributed by atoms with Crippen LogP contribution in [0.15, 0.2) is 0 Å². The fourth-order valence-corrected chi connectivity index (χ4v) is 1.67. The SMILES string of the molecule is CNC1COC(COC)CC1OC. The van der Waals surface area contributed by atoms with Gasteiger partial charge in [0.1, 0.15) is 0 Å². The van der Waals surface area contributed by atoms with Gasteiger partial charge in [-0.3, -0.25) is 0 Å². The van der Waals surface area contributed by atoms with Gasteiger partial charge in [-0.05, 0) is 7.05 Å². The van der Waals surface area contributed by atoms with Gasteiger partial charge in [-0.25, -0.2) is 0 Å². The Kier molecular flexibility index (Phi) is 4.66. The number of methoxy groups -OCH3 is 2. The number of rotatable bonds is 4. The first-order chi connectivity index (χ1) is 6.31. The van der Waals surface area contributed by atoms with E-state index in [1.807, 2.05) is 7.05 Å². The van der Waals surface area contributed by atoms with Crippen LogP contribution in [0.25, 0.3) is 0 Å². The van der Waals surface area contributed by atoms with Gasteiger partial charge < -0.3 is 19.5 Å². The van der Waals surface area contributed by atoms with Crippen molar-refractivity contribution in [3.05, 3.63) is 0 Å². The third kappa shape index (κ3) is 2.91. The minimum absolute atomic E-state index is 0.180. The molecule has 0 amide bonds. The van der Waals surface area contributed by atoms with Crippen LogP contribution in [0.3, 0.4) is 0 Å². The number of nitrogens with one attached hydrogen (secondary N) is 1. The zero-order valence-electron chi connectivity index (χ0n) is 8.58. The highest BCUT2D eigenvalue weighted by atomic mass is 16.5. The lowest BCUT2D eigenvalue weighted by Gasteiger charge is -2.34. The molecule has 78 valence electrons. The summed E-state index contributed by atoms with van der Waals surface area (Å²) in [5, 5.41) is 3.18. The molecule has 4 heteroatoms. The van der Waals surface area contributed by atoms with E-state index in [1.165, 1.54) is 0 Å². The molecule has 0 aliphatic carbocycles. The van der Waals surface area contributed by atoms with Crippen molar-refractivity contribution in [2.45, 2.75) is 24.7 Å². The van der Waals surface area contributed by atoms with Gasteiger partial charge in [0.15, 0.2) is 0 Å². The van der Waals surface area contributed by atoms with E-state index >= 15 is 0 Å². The van der Waals surface area contributed by atoms with Gasteiger partial charge in [-0.15, -0.1) is 0 Å². The Morgan fingerprint density at radius 1 is 1.46 bits per heavy atom. The second-order valence-electron chi connectivity index (χ2n) is 3.32. The molecule has 3 unspecified atom stereocenters. The Morgan fingerprint density at radius 3 is 2.77 bits per heavy atom. The standard InChI is InChI=1S/C9H19NO3/c1-10-8-6-13-7(5-11-2)4-9(8)12-3/h7-10H,4-6H2,1-3H3. The lowest BCUT2D eigenvalue weighted by atomic mass is 10.0. The van der Waals surface area contributed by atoms with Crippen LogP contribution < -0.4 is 5.32 Å². The van der Waals surface area contributed by atoms with Crippen LogP contribution in [-0.2, 0) is 14.2 Å². The quantitative estimate of drug-likeness (QED) is 0.677. The van der Waals surface area contributed by atoms with Crippen molar-refractivity contribution in [2.75, 3.05) is 34.5 Å². The first-order valence-corrected chi connectivity index (χ1v) is 4.62. The summed E-state index contributed by atoms with van der Waals surface area (Å²) in [7, 11) is 5.36. The van der Waals surface area contributed by atoms with Gasteiger partial charge in [0, 0.05) is 20.6 Å². The molecule has 0 aromatic carbocycles. The first kappa shape index (κ1) is 10.9. The molecule has 1 N–H and O–H groups in total. The normalized spacial score (nSPS) is 34.8. The zero-order valence-corrected chi connectivity index (χ0v) is 8.58. The summed E-state index contributed by atoms with van der Waals surface area (Å²) < 4.78 is 16.0. The Balaban J connectivity index is 2.38. The molecule has 1 fully saturated rings. The van der Waals surface area contributed by atoms with E-state index in [-0.39, 0.29) is 12.2 Å². The highest BCUT2D eigenvalue weighted by Gasteiger charge is 2.29. The van der Waals surface area contributed by atoms with Crippen molar-refractivity contribution in [1.82, 2.24) is 5.32 Å². The van der Waals surface area contributed by atoms with Gasteiger partial charge in [0.25, 0.3) is 0 Å². The maximum Gasteiger partial charge on any atom is 0.0834 e. The summed E-state index contributed by atoms with van der Waals surface area (Å²) >= 11 is 0. The molecule has 1 aliphatic heterocycles. The van der Waals surface area contributed by atoms with E-state index in [4.69, 9.17) is 14.2 Å². The molecule has 0 radical (unpaired) electrons. The van der Waals surface area contributed by atoms with Gasteiger partial charge >= 0.3 is 0 Å². The minimum atomic E-state index is 0.180. The predicted octanol–water partition coefficient (Wildman–Crippen LogP) is 0.0247. The minimum Gasteiger partial charge on any atom is -0.382 e. The van der Waals surface area contributed by atoms with E-state index in [0.717, 1.165) is 6.42 Å². The van der Waals surface area contributed by atoms with Crippen LogP contribution in [0.1, 0.15) is 6.42 Å². The maximum atomic E-state index is 5.59. The average molecular weight is 189 g/mol. The van der Waals surface area contributed by atoms with Crippen LogP contribution >= 0.6 is 0 Å². The van der Waals surface area contributed by atoms with E-state index in [1.54, 1.807) is 14.2 Å². The van der Waals surface area contributed by atoms with Crippen molar-refractivity contribution >= 4 is 0 Å². The molecule has 0 aromatic heterocycles. The summed E-state index contributed by atoms with van der Waals surface area (Å²) in [6.07, 6.45) is 1.31. The van der Waals surface area contributed by atoms with E-state index in [0.29, 0.717) is 19.3 Å². The molecular formula is C9H19NO3. The van der Waals surface area contributed by atoms with Crippen LogP contribution in [0.2, 0.25) is 0 Å². The third-order valence-electron chi connectivity index (χ3n) is 2.48. The monoisotopic (exact) mass is 189 g/mol. The van der Waals surface area contributed by atoms with Crippen molar-refractivity contribution in [2.24, 2.45) is 0 Å².